The van der Waals surface area contributed by atoms with Crippen molar-refractivity contribution in [3.8, 4) is 0 Å². The van der Waals surface area contributed by atoms with Crippen molar-refractivity contribution in [1.29, 1.82) is 0 Å². The monoisotopic (exact) mass is 408 g/mol. The van der Waals surface area contributed by atoms with Crippen molar-refractivity contribution in [1.82, 2.24) is 0 Å². The molecule has 4 aliphatic carbocycles. The number of hydrogen-bond acceptors (Lipinski definition) is 5. The van der Waals surface area contributed by atoms with Gasteiger partial charge in [-0.15, -0.1) is 11.6 Å². The van der Waals surface area contributed by atoms with E-state index in [0.717, 1.165) is 5.57 Å². The van der Waals surface area contributed by atoms with Crippen molar-refractivity contribution in [3.05, 3.63) is 23.8 Å². The molecule has 2 saturated carbocycles. The summed E-state index contributed by atoms with van der Waals surface area (Å²) in [7, 11) is 0. The van der Waals surface area contributed by atoms with Crippen molar-refractivity contribution < 1.29 is 24.9 Å². The standard InChI is InChI=1S/C22H29ClO5/c1-11-6-14-18-15(23)8-12-7-13(25)4-5-20(12,2)19(18)16(26)9-21(14,3)22(11,28)17(27)10-24/h4-5,8,11,14-16,18-19,24,26,28H,6-7,9-10H2,1-3H3/t11-,14?,15-,16+,18?,19+,20+,21+,22+/m1/s1. The van der Waals surface area contributed by atoms with Crippen LogP contribution in [0, 0.1) is 34.5 Å². The summed E-state index contributed by atoms with van der Waals surface area (Å²) in [5.41, 5.74) is -2.05. The highest BCUT2D eigenvalue weighted by Gasteiger charge is 2.71. The quantitative estimate of drug-likeness (QED) is 0.480. The predicted octanol–water partition coefficient (Wildman–Crippen LogP) is 2.02. The van der Waals surface area contributed by atoms with E-state index in [1.165, 1.54) is 0 Å². The smallest absolute Gasteiger partial charge is 0.190 e. The molecule has 9 atom stereocenters. The molecule has 0 bridgehead atoms. The minimum atomic E-state index is -1.68. The largest absolute Gasteiger partial charge is 0.393 e. The third-order valence-electron chi connectivity index (χ3n) is 8.60. The van der Waals surface area contributed by atoms with Crippen molar-refractivity contribution in [2.45, 2.75) is 57.1 Å². The van der Waals surface area contributed by atoms with Gasteiger partial charge in [-0.25, -0.2) is 0 Å². The molecule has 3 N–H and O–H groups in total. The van der Waals surface area contributed by atoms with E-state index in [9.17, 15) is 24.9 Å². The normalized spacial score (nSPS) is 52.5. The Morgan fingerprint density at radius 1 is 1.36 bits per heavy atom. The van der Waals surface area contributed by atoms with Crippen LogP contribution in [0.4, 0.5) is 0 Å². The van der Waals surface area contributed by atoms with Crippen LogP contribution in [0.1, 0.15) is 40.0 Å². The average Bonchev–Trinajstić information content (AvgIpc) is 2.83. The van der Waals surface area contributed by atoms with E-state index >= 15 is 0 Å². The van der Waals surface area contributed by atoms with Gasteiger partial charge in [0.05, 0.1) is 11.5 Å². The van der Waals surface area contributed by atoms with E-state index in [-0.39, 0.29) is 41.3 Å². The van der Waals surface area contributed by atoms with E-state index in [2.05, 4.69) is 6.92 Å². The summed E-state index contributed by atoms with van der Waals surface area (Å²) in [5, 5.41) is 31.9. The molecule has 0 amide bonds. The van der Waals surface area contributed by atoms with Crippen LogP contribution in [0.15, 0.2) is 23.8 Å². The molecule has 0 aromatic carbocycles. The van der Waals surface area contributed by atoms with Gasteiger partial charge >= 0.3 is 0 Å². The number of alkyl halides is 1. The molecular formula is C22H29ClO5. The first-order valence-corrected chi connectivity index (χ1v) is 10.6. The van der Waals surface area contributed by atoms with Crippen molar-refractivity contribution in [3.63, 3.8) is 0 Å². The van der Waals surface area contributed by atoms with Gasteiger partial charge in [0.15, 0.2) is 11.6 Å². The maximum Gasteiger partial charge on any atom is 0.190 e. The zero-order valence-corrected chi connectivity index (χ0v) is 17.3. The SMILES string of the molecule is C[C@@H]1CC2C3[C@H](Cl)C=C4CC(=O)C=C[C@]4(C)[C@H]3[C@@H](O)C[C@]2(C)[C@@]1(O)C(=O)CO. The predicted molar refractivity (Wildman–Crippen MR) is 105 cm³/mol. The first-order chi connectivity index (χ1) is 13.0. The molecule has 2 fully saturated rings. The van der Waals surface area contributed by atoms with Gasteiger partial charge in [0.25, 0.3) is 0 Å². The van der Waals surface area contributed by atoms with Crippen LogP contribution in [0.3, 0.4) is 0 Å². The summed E-state index contributed by atoms with van der Waals surface area (Å²) in [6.07, 6.45) is 5.88. The average molecular weight is 409 g/mol. The molecule has 28 heavy (non-hydrogen) atoms. The Labute approximate surface area is 170 Å². The molecule has 4 aliphatic rings. The Balaban J connectivity index is 1.84. The Morgan fingerprint density at radius 2 is 2.04 bits per heavy atom. The van der Waals surface area contributed by atoms with Crippen LogP contribution >= 0.6 is 11.6 Å². The van der Waals surface area contributed by atoms with Gasteiger partial charge in [0, 0.05) is 23.2 Å². The molecule has 0 aromatic rings. The second kappa shape index (κ2) is 6.24. The van der Waals surface area contributed by atoms with Gasteiger partial charge in [-0.05, 0) is 36.7 Å². The molecule has 154 valence electrons. The first-order valence-electron chi connectivity index (χ1n) is 10.1. The highest BCUT2D eigenvalue weighted by molar-refractivity contribution is 6.22. The fourth-order valence-electron chi connectivity index (χ4n) is 7.22. The number of rotatable bonds is 2. The minimum Gasteiger partial charge on any atom is -0.393 e. The summed E-state index contributed by atoms with van der Waals surface area (Å²) in [4.78, 5) is 24.6. The van der Waals surface area contributed by atoms with Crippen LogP contribution in [-0.2, 0) is 9.59 Å². The second-order valence-corrected chi connectivity index (χ2v) is 10.3. The minimum absolute atomic E-state index is 0.0404. The van der Waals surface area contributed by atoms with Gasteiger partial charge in [-0.2, -0.15) is 0 Å². The molecule has 4 rings (SSSR count). The number of halogens is 1. The van der Waals surface area contributed by atoms with Gasteiger partial charge < -0.3 is 15.3 Å². The first kappa shape index (κ1) is 20.3. The third-order valence-corrected chi connectivity index (χ3v) is 9.01. The van der Waals surface area contributed by atoms with E-state index in [1.54, 1.807) is 6.08 Å². The lowest BCUT2D eigenvalue weighted by Gasteiger charge is -2.60. The molecule has 0 radical (unpaired) electrons. The maximum atomic E-state index is 12.6. The van der Waals surface area contributed by atoms with Crippen LogP contribution in [0.5, 0.6) is 0 Å². The van der Waals surface area contributed by atoms with Crippen LogP contribution < -0.4 is 0 Å². The van der Waals surface area contributed by atoms with E-state index in [1.807, 2.05) is 26.0 Å². The van der Waals surface area contributed by atoms with Crippen molar-refractivity contribution in [2.24, 2.45) is 34.5 Å². The van der Waals surface area contributed by atoms with Crippen molar-refractivity contribution >= 4 is 23.2 Å². The molecule has 0 heterocycles. The molecule has 2 unspecified atom stereocenters. The second-order valence-electron chi connectivity index (χ2n) is 9.78. The number of carbonyl (C=O) groups is 2. The molecular weight excluding hydrogens is 380 g/mol. The number of carbonyl (C=O) groups excluding carboxylic acids is 2. The Hall–Kier alpha value is -1.01. The Kier molecular flexibility index (Phi) is 4.52. The molecule has 5 nitrogen and oxygen atoms in total. The zero-order valence-electron chi connectivity index (χ0n) is 16.6. The lowest BCUT2D eigenvalue weighted by molar-refractivity contribution is -0.181. The molecule has 0 saturated heterocycles. The maximum absolute atomic E-state index is 12.6. The van der Waals surface area contributed by atoms with E-state index in [4.69, 9.17) is 11.6 Å². The van der Waals surface area contributed by atoms with E-state index < -0.39 is 34.9 Å². The van der Waals surface area contributed by atoms with Crippen LogP contribution in [0.2, 0.25) is 0 Å². The Morgan fingerprint density at radius 3 is 2.68 bits per heavy atom. The third kappa shape index (κ3) is 2.31. The summed E-state index contributed by atoms with van der Waals surface area (Å²) in [5.74, 6) is -1.26. The molecule has 0 spiro atoms. The molecule has 6 heteroatoms. The Bertz CT molecular complexity index is 790. The fourth-order valence-corrected chi connectivity index (χ4v) is 7.71. The number of aliphatic hydroxyl groups is 3. The highest BCUT2D eigenvalue weighted by Crippen LogP contribution is 2.68. The van der Waals surface area contributed by atoms with Gasteiger partial charge in [-0.1, -0.05) is 38.5 Å². The fraction of sp³-hybridized carbons (Fsp3) is 0.727. The lowest BCUT2D eigenvalue weighted by Crippen LogP contribution is -2.63. The topological polar surface area (TPSA) is 94.8 Å². The summed E-state index contributed by atoms with van der Waals surface area (Å²) >= 11 is 6.83. The van der Waals surface area contributed by atoms with E-state index in [0.29, 0.717) is 12.8 Å². The summed E-state index contributed by atoms with van der Waals surface area (Å²) in [6, 6.07) is 0. The summed E-state index contributed by atoms with van der Waals surface area (Å²) < 4.78 is 0. The zero-order chi connectivity index (χ0) is 20.6. The van der Waals surface area contributed by atoms with Crippen LogP contribution in [-0.4, -0.2) is 50.6 Å². The van der Waals surface area contributed by atoms with Gasteiger partial charge in [0.1, 0.15) is 12.2 Å². The summed E-state index contributed by atoms with van der Waals surface area (Å²) in [6.45, 7) is 5.04. The highest BCUT2D eigenvalue weighted by atomic mass is 35.5. The number of ketones is 2. The number of hydrogen-bond donors (Lipinski definition) is 3. The number of fused-ring (bicyclic) bond motifs is 5. The number of aliphatic hydroxyl groups excluding tert-OH is 2. The van der Waals surface area contributed by atoms with Gasteiger partial charge in [-0.3, -0.25) is 9.59 Å². The number of allylic oxidation sites excluding steroid dienone is 4. The lowest BCUT2D eigenvalue weighted by atomic mass is 9.46. The number of Topliss-reactive ketones (excluding diaryl/α,β-unsaturated/α-hetero) is 1. The van der Waals surface area contributed by atoms with Crippen LogP contribution in [0.25, 0.3) is 0 Å². The molecule has 0 aromatic heterocycles. The van der Waals surface area contributed by atoms with Crippen molar-refractivity contribution in [2.75, 3.05) is 6.61 Å². The molecule has 0 aliphatic heterocycles. The van der Waals surface area contributed by atoms with Gasteiger partial charge in [0.2, 0.25) is 0 Å².